The lowest BCUT2D eigenvalue weighted by molar-refractivity contribution is -0.127. The highest BCUT2D eigenvalue weighted by Gasteiger charge is 2.32. The van der Waals surface area contributed by atoms with Crippen LogP contribution in [0.25, 0.3) is 0 Å². The minimum Gasteiger partial charge on any atom is -0.356 e. The fourth-order valence-corrected chi connectivity index (χ4v) is 5.26. The van der Waals surface area contributed by atoms with Crippen molar-refractivity contribution in [1.29, 1.82) is 0 Å². The van der Waals surface area contributed by atoms with Crippen molar-refractivity contribution >= 4 is 28.9 Å². The number of hydrogen-bond donors (Lipinski definition) is 1. The Labute approximate surface area is 183 Å². The summed E-state index contributed by atoms with van der Waals surface area (Å²) in [6.07, 6.45) is 2.72. The molecule has 2 atom stereocenters. The van der Waals surface area contributed by atoms with Gasteiger partial charge in [-0.1, -0.05) is 25.1 Å². The van der Waals surface area contributed by atoms with Gasteiger partial charge in [-0.15, -0.1) is 0 Å². The van der Waals surface area contributed by atoms with E-state index in [4.69, 9.17) is 4.99 Å². The largest absolute Gasteiger partial charge is 0.356 e. The van der Waals surface area contributed by atoms with E-state index >= 15 is 0 Å². The van der Waals surface area contributed by atoms with Crippen LogP contribution in [-0.4, -0.2) is 49.5 Å². The van der Waals surface area contributed by atoms with Crippen LogP contribution < -0.4 is 10.2 Å². The Balaban J connectivity index is 1.49. The number of rotatable bonds is 7. The van der Waals surface area contributed by atoms with E-state index in [0.29, 0.717) is 24.2 Å². The second-order valence-corrected chi connectivity index (χ2v) is 9.07. The molecular formula is C24H32N4OS. The molecule has 2 unspecified atom stereocenters. The first-order valence-corrected chi connectivity index (χ1v) is 12.1. The van der Waals surface area contributed by atoms with Crippen LogP contribution in [0.15, 0.2) is 46.1 Å². The molecule has 3 heterocycles. The lowest BCUT2D eigenvalue weighted by Gasteiger charge is -2.24. The van der Waals surface area contributed by atoms with Gasteiger partial charge in [0, 0.05) is 56.7 Å². The van der Waals surface area contributed by atoms with Crippen molar-refractivity contribution in [1.82, 2.24) is 10.2 Å². The monoisotopic (exact) mass is 424 g/mol. The van der Waals surface area contributed by atoms with Crippen molar-refractivity contribution in [2.24, 2.45) is 4.99 Å². The number of guanidine groups is 1. The van der Waals surface area contributed by atoms with E-state index in [-0.39, 0.29) is 0 Å². The number of amides is 1. The molecule has 1 aromatic carbocycles. The summed E-state index contributed by atoms with van der Waals surface area (Å²) in [5, 5.41) is 7.85. The summed E-state index contributed by atoms with van der Waals surface area (Å²) in [5.41, 5.74) is 3.98. The van der Waals surface area contributed by atoms with Crippen LogP contribution in [-0.2, 0) is 4.79 Å². The first-order chi connectivity index (χ1) is 14.7. The van der Waals surface area contributed by atoms with Crippen LogP contribution in [0.2, 0.25) is 0 Å². The molecule has 0 aliphatic carbocycles. The second-order valence-electron chi connectivity index (χ2n) is 8.29. The Morgan fingerprint density at radius 1 is 1.33 bits per heavy atom. The number of benzene rings is 1. The third-order valence-corrected chi connectivity index (χ3v) is 6.91. The SMILES string of the molecule is CCNC(=NCC(C)c1ccsc1)N1CC(CCN2CCCC2=O)c2ccccc21. The van der Waals surface area contributed by atoms with E-state index in [1.165, 1.54) is 16.8 Å². The van der Waals surface area contributed by atoms with Crippen LogP contribution in [0.1, 0.15) is 56.1 Å². The first-order valence-electron chi connectivity index (χ1n) is 11.1. The van der Waals surface area contributed by atoms with Gasteiger partial charge in [-0.25, -0.2) is 0 Å². The Hall–Kier alpha value is -2.34. The van der Waals surface area contributed by atoms with Crippen molar-refractivity contribution in [3.05, 3.63) is 52.2 Å². The Morgan fingerprint density at radius 3 is 2.93 bits per heavy atom. The number of thiophene rings is 1. The van der Waals surface area contributed by atoms with Crippen molar-refractivity contribution in [3.63, 3.8) is 0 Å². The minimum absolute atomic E-state index is 0.315. The van der Waals surface area contributed by atoms with Gasteiger partial charge >= 0.3 is 0 Å². The van der Waals surface area contributed by atoms with Crippen LogP contribution in [0, 0.1) is 0 Å². The van der Waals surface area contributed by atoms with Crippen LogP contribution >= 0.6 is 11.3 Å². The molecule has 1 saturated heterocycles. The number of carbonyl (C=O) groups excluding carboxylic acids is 1. The molecule has 0 radical (unpaired) electrons. The fourth-order valence-electron chi connectivity index (χ4n) is 4.47. The Kier molecular flexibility index (Phi) is 6.72. The third-order valence-electron chi connectivity index (χ3n) is 6.21. The molecule has 0 spiro atoms. The minimum atomic E-state index is 0.315. The summed E-state index contributed by atoms with van der Waals surface area (Å²) in [4.78, 5) is 21.4. The zero-order valence-electron chi connectivity index (χ0n) is 18.0. The molecule has 2 aliphatic rings. The van der Waals surface area contributed by atoms with Crippen LogP contribution in [0.4, 0.5) is 5.69 Å². The average molecular weight is 425 g/mol. The number of nitrogens with zero attached hydrogens (tertiary/aromatic N) is 3. The number of para-hydroxylation sites is 1. The van der Waals surface area contributed by atoms with Crippen LogP contribution in [0.5, 0.6) is 0 Å². The standard InChI is InChI=1S/C24H32N4OS/c1-3-25-24(26-15-18(2)20-11-14-30-17-20)28-16-19(21-7-4-5-8-22(21)28)10-13-27-12-6-9-23(27)29/h4-5,7-8,11,14,17-19H,3,6,9-10,12-13,15-16H2,1-2H3,(H,25,26). The molecule has 160 valence electrons. The van der Waals surface area contributed by atoms with Gasteiger partial charge in [-0.2, -0.15) is 11.3 Å². The van der Waals surface area contributed by atoms with Crippen molar-refractivity contribution < 1.29 is 4.79 Å². The molecule has 1 amide bonds. The molecular weight excluding hydrogens is 392 g/mol. The molecule has 0 bridgehead atoms. The maximum Gasteiger partial charge on any atom is 0.222 e. The van der Waals surface area contributed by atoms with E-state index in [2.05, 4.69) is 65.2 Å². The van der Waals surface area contributed by atoms with E-state index < -0.39 is 0 Å². The highest BCUT2D eigenvalue weighted by atomic mass is 32.1. The molecule has 5 nitrogen and oxygen atoms in total. The molecule has 6 heteroatoms. The molecule has 30 heavy (non-hydrogen) atoms. The molecule has 2 aromatic rings. The maximum atomic E-state index is 12.0. The topological polar surface area (TPSA) is 47.9 Å². The smallest absolute Gasteiger partial charge is 0.222 e. The van der Waals surface area contributed by atoms with Gasteiger partial charge in [0.05, 0.1) is 0 Å². The molecule has 1 aromatic heterocycles. The zero-order chi connectivity index (χ0) is 20.9. The van der Waals surface area contributed by atoms with Gasteiger partial charge in [0.2, 0.25) is 5.91 Å². The van der Waals surface area contributed by atoms with Crippen molar-refractivity contribution in [2.75, 3.05) is 37.6 Å². The lowest BCUT2D eigenvalue weighted by Crippen LogP contribution is -2.41. The predicted molar refractivity (Wildman–Crippen MR) is 126 cm³/mol. The Morgan fingerprint density at radius 2 is 2.20 bits per heavy atom. The molecule has 1 N–H and O–H groups in total. The normalized spacial score (nSPS) is 20.0. The van der Waals surface area contributed by atoms with Crippen molar-refractivity contribution in [2.45, 2.75) is 44.9 Å². The summed E-state index contributed by atoms with van der Waals surface area (Å²) < 4.78 is 0. The number of fused-ring (bicyclic) bond motifs is 1. The summed E-state index contributed by atoms with van der Waals surface area (Å²) in [5.74, 6) is 2.11. The molecule has 4 rings (SSSR count). The quantitative estimate of drug-likeness (QED) is 0.528. The number of likely N-dealkylation sites (tertiary alicyclic amines) is 1. The average Bonchev–Trinajstić information content (AvgIpc) is 3.50. The van der Waals surface area contributed by atoms with Gasteiger partial charge < -0.3 is 15.1 Å². The summed E-state index contributed by atoms with van der Waals surface area (Å²) >= 11 is 1.74. The molecule has 1 fully saturated rings. The maximum absolute atomic E-state index is 12.0. The number of nitrogens with one attached hydrogen (secondary N) is 1. The van der Waals surface area contributed by atoms with Gasteiger partial charge in [-0.3, -0.25) is 9.79 Å². The lowest BCUT2D eigenvalue weighted by atomic mass is 9.98. The van der Waals surface area contributed by atoms with Gasteiger partial charge in [0.1, 0.15) is 0 Å². The summed E-state index contributed by atoms with van der Waals surface area (Å²) in [7, 11) is 0. The highest BCUT2D eigenvalue weighted by Crippen LogP contribution is 2.38. The molecule has 0 saturated carbocycles. The predicted octanol–water partition coefficient (Wildman–Crippen LogP) is 4.43. The van der Waals surface area contributed by atoms with E-state index in [1.807, 2.05) is 4.90 Å². The highest BCUT2D eigenvalue weighted by molar-refractivity contribution is 7.07. The number of carbonyl (C=O) groups is 1. The van der Waals surface area contributed by atoms with E-state index in [9.17, 15) is 4.79 Å². The van der Waals surface area contributed by atoms with Crippen molar-refractivity contribution in [3.8, 4) is 0 Å². The number of anilines is 1. The third kappa shape index (κ3) is 4.53. The van der Waals surface area contributed by atoms with E-state index in [1.54, 1.807) is 11.3 Å². The zero-order valence-corrected chi connectivity index (χ0v) is 18.8. The van der Waals surface area contributed by atoms with Gasteiger partial charge in [-0.05, 0) is 53.8 Å². The Bertz CT molecular complexity index is 879. The first kappa shape index (κ1) is 20.9. The second kappa shape index (κ2) is 9.65. The number of hydrogen-bond acceptors (Lipinski definition) is 3. The van der Waals surface area contributed by atoms with Gasteiger partial charge in [0.25, 0.3) is 0 Å². The summed E-state index contributed by atoms with van der Waals surface area (Å²) in [6, 6.07) is 10.9. The van der Waals surface area contributed by atoms with Gasteiger partial charge in [0.15, 0.2) is 5.96 Å². The fraction of sp³-hybridized carbons (Fsp3) is 0.500. The summed E-state index contributed by atoms with van der Waals surface area (Å²) in [6.45, 7) is 8.66. The van der Waals surface area contributed by atoms with Crippen LogP contribution in [0.3, 0.4) is 0 Å². The molecule has 2 aliphatic heterocycles. The number of aliphatic imine (C=N–C) groups is 1. The van der Waals surface area contributed by atoms with E-state index in [0.717, 1.165) is 51.5 Å².